The second-order valence-corrected chi connectivity index (χ2v) is 4.01. The van der Waals surface area contributed by atoms with Gasteiger partial charge >= 0.3 is 0 Å². The number of aryl methyl sites for hydroxylation is 1. The largest absolute Gasteiger partial charge is 0.441 e. The van der Waals surface area contributed by atoms with E-state index in [-0.39, 0.29) is 5.91 Å². The van der Waals surface area contributed by atoms with Crippen LogP contribution in [0.3, 0.4) is 0 Å². The van der Waals surface area contributed by atoms with Gasteiger partial charge in [-0.2, -0.15) is 0 Å². The first-order valence-corrected chi connectivity index (χ1v) is 6.01. The van der Waals surface area contributed by atoms with E-state index in [1.165, 1.54) is 0 Å². The maximum absolute atomic E-state index is 11.4. The summed E-state index contributed by atoms with van der Waals surface area (Å²) in [6.07, 6.45) is 1.06. The number of fused-ring (bicyclic) bond motifs is 1. The third-order valence-electron chi connectivity index (χ3n) is 2.34. The molecule has 0 bridgehead atoms. The summed E-state index contributed by atoms with van der Waals surface area (Å²) in [5.41, 5.74) is 2.20. The normalized spacial score (nSPS) is 10.7. The van der Waals surface area contributed by atoms with Gasteiger partial charge in [0.2, 0.25) is 5.91 Å². The Balaban J connectivity index is 2.21. The number of amides is 1. The number of alkyl halides is 1. The molecule has 0 radical (unpaired) electrons. The third-order valence-corrected chi connectivity index (χ3v) is 2.53. The first kappa shape index (κ1) is 11.9. The molecule has 90 valence electrons. The molecule has 2 aromatic rings. The molecule has 1 aromatic carbocycles. The van der Waals surface area contributed by atoms with Crippen LogP contribution in [0.2, 0.25) is 0 Å². The van der Waals surface area contributed by atoms with Crippen molar-refractivity contribution < 1.29 is 9.21 Å². The molecule has 0 saturated carbocycles. The molecule has 0 unspecified atom stereocenters. The lowest BCUT2D eigenvalue weighted by Crippen LogP contribution is -2.11. The molecule has 0 aliphatic rings. The van der Waals surface area contributed by atoms with Crippen molar-refractivity contribution in [3.8, 4) is 0 Å². The van der Waals surface area contributed by atoms with E-state index in [0.29, 0.717) is 23.9 Å². The Kier molecular flexibility index (Phi) is 3.64. The van der Waals surface area contributed by atoms with Crippen molar-refractivity contribution in [3.05, 3.63) is 24.1 Å². The van der Waals surface area contributed by atoms with Crippen LogP contribution in [0, 0.1) is 0 Å². The molecule has 17 heavy (non-hydrogen) atoms. The second-order valence-electron chi connectivity index (χ2n) is 3.63. The summed E-state index contributed by atoms with van der Waals surface area (Å²) >= 11 is 5.49. The number of aromatic nitrogens is 1. The number of halogens is 1. The zero-order valence-electron chi connectivity index (χ0n) is 9.50. The summed E-state index contributed by atoms with van der Waals surface area (Å²) in [4.78, 5) is 15.7. The number of oxazole rings is 1. The van der Waals surface area contributed by atoms with Gasteiger partial charge in [0.15, 0.2) is 11.5 Å². The van der Waals surface area contributed by atoms with Crippen LogP contribution in [0.25, 0.3) is 11.1 Å². The quantitative estimate of drug-likeness (QED) is 0.851. The van der Waals surface area contributed by atoms with Crippen LogP contribution in [-0.4, -0.2) is 16.8 Å². The first-order valence-electron chi connectivity index (χ1n) is 5.48. The molecule has 0 fully saturated rings. The highest BCUT2D eigenvalue weighted by atomic mass is 35.5. The maximum Gasteiger partial charge on any atom is 0.225 e. The average Bonchev–Trinajstić information content (AvgIpc) is 2.71. The van der Waals surface area contributed by atoms with Crippen molar-refractivity contribution in [2.45, 2.75) is 19.8 Å². The Morgan fingerprint density at radius 1 is 1.53 bits per heavy atom. The zero-order valence-corrected chi connectivity index (χ0v) is 10.3. The topological polar surface area (TPSA) is 55.1 Å². The van der Waals surface area contributed by atoms with E-state index in [2.05, 4.69) is 10.3 Å². The molecule has 1 N–H and O–H groups in total. The Labute approximate surface area is 104 Å². The summed E-state index contributed by atoms with van der Waals surface area (Å²) in [6, 6.07) is 5.39. The van der Waals surface area contributed by atoms with Crippen LogP contribution in [0.4, 0.5) is 5.69 Å². The number of nitrogens with zero attached hydrogens (tertiary/aromatic N) is 1. The van der Waals surface area contributed by atoms with E-state index in [9.17, 15) is 4.79 Å². The summed E-state index contributed by atoms with van der Waals surface area (Å²) in [7, 11) is 0. The Hall–Kier alpha value is -1.55. The minimum absolute atomic E-state index is 0.0986. The van der Waals surface area contributed by atoms with Crippen molar-refractivity contribution in [3.63, 3.8) is 0 Å². The third kappa shape index (κ3) is 2.77. The van der Waals surface area contributed by atoms with Gasteiger partial charge in [0.25, 0.3) is 0 Å². The minimum Gasteiger partial charge on any atom is -0.441 e. The number of carbonyl (C=O) groups is 1. The van der Waals surface area contributed by atoms with Crippen molar-refractivity contribution in [1.82, 2.24) is 4.98 Å². The lowest BCUT2D eigenvalue weighted by molar-refractivity contribution is -0.115. The molecule has 0 saturated heterocycles. The van der Waals surface area contributed by atoms with E-state index in [4.69, 9.17) is 16.0 Å². The van der Waals surface area contributed by atoms with Crippen LogP contribution in [0.1, 0.15) is 19.2 Å². The van der Waals surface area contributed by atoms with Gasteiger partial charge in [0.05, 0.1) is 0 Å². The standard InChI is InChI=1S/C12H13ClN2O2/c1-2-12-15-9-7-8(3-4-10(9)17-12)14-11(16)5-6-13/h3-4,7H,2,5-6H2,1H3,(H,14,16). The summed E-state index contributed by atoms with van der Waals surface area (Å²) < 4.78 is 5.48. The van der Waals surface area contributed by atoms with E-state index in [1.807, 2.05) is 6.92 Å². The molecule has 1 aromatic heterocycles. The minimum atomic E-state index is -0.0986. The zero-order chi connectivity index (χ0) is 12.3. The lowest BCUT2D eigenvalue weighted by Gasteiger charge is -2.02. The summed E-state index contributed by atoms with van der Waals surface area (Å²) in [5, 5.41) is 2.76. The van der Waals surface area contributed by atoms with Gasteiger partial charge < -0.3 is 9.73 Å². The molecule has 2 rings (SSSR count). The van der Waals surface area contributed by atoms with Gasteiger partial charge in [-0.15, -0.1) is 11.6 Å². The molecule has 0 aliphatic carbocycles. The molecular weight excluding hydrogens is 240 g/mol. The van der Waals surface area contributed by atoms with Crippen LogP contribution in [0.15, 0.2) is 22.6 Å². The van der Waals surface area contributed by atoms with E-state index in [0.717, 1.165) is 17.5 Å². The van der Waals surface area contributed by atoms with Gasteiger partial charge in [-0.1, -0.05) is 6.92 Å². The number of hydrogen-bond donors (Lipinski definition) is 1. The monoisotopic (exact) mass is 252 g/mol. The van der Waals surface area contributed by atoms with Crippen molar-refractivity contribution in [2.75, 3.05) is 11.2 Å². The van der Waals surface area contributed by atoms with Gasteiger partial charge in [-0.25, -0.2) is 4.98 Å². The van der Waals surface area contributed by atoms with E-state index >= 15 is 0 Å². The summed E-state index contributed by atoms with van der Waals surface area (Å²) in [6.45, 7) is 1.98. The predicted octanol–water partition coefficient (Wildman–Crippen LogP) is 2.96. The van der Waals surface area contributed by atoms with Gasteiger partial charge in [-0.05, 0) is 18.2 Å². The first-order chi connectivity index (χ1) is 8.22. The second kappa shape index (κ2) is 5.19. The average molecular weight is 253 g/mol. The van der Waals surface area contributed by atoms with Crippen LogP contribution in [-0.2, 0) is 11.2 Å². The Morgan fingerprint density at radius 3 is 3.06 bits per heavy atom. The molecule has 4 nitrogen and oxygen atoms in total. The SMILES string of the molecule is CCc1nc2cc(NC(=O)CCCl)ccc2o1. The van der Waals surface area contributed by atoms with E-state index in [1.54, 1.807) is 18.2 Å². The van der Waals surface area contributed by atoms with Crippen LogP contribution < -0.4 is 5.32 Å². The maximum atomic E-state index is 11.4. The molecule has 0 atom stereocenters. The van der Waals surface area contributed by atoms with Crippen molar-refractivity contribution >= 4 is 34.3 Å². The highest BCUT2D eigenvalue weighted by Gasteiger charge is 2.06. The smallest absolute Gasteiger partial charge is 0.225 e. The highest BCUT2D eigenvalue weighted by molar-refractivity contribution is 6.19. The fourth-order valence-corrected chi connectivity index (χ4v) is 1.69. The van der Waals surface area contributed by atoms with Gasteiger partial charge in [0, 0.05) is 24.4 Å². The lowest BCUT2D eigenvalue weighted by atomic mass is 10.3. The molecule has 1 heterocycles. The number of nitrogens with one attached hydrogen (secondary N) is 1. The number of anilines is 1. The van der Waals surface area contributed by atoms with Crippen molar-refractivity contribution in [1.29, 1.82) is 0 Å². The predicted molar refractivity (Wildman–Crippen MR) is 67.4 cm³/mol. The fraction of sp³-hybridized carbons (Fsp3) is 0.333. The molecule has 0 spiro atoms. The number of hydrogen-bond acceptors (Lipinski definition) is 3. The number of rotatable bonds is 4. The molecule has 1 amide bonds. The van der Waals surface area contributed by atoms with E-state index < -0.39 is 0 Å². The molecule has 0 aliphatic heterocycles. The molecule has 5 heteroatoms. The van der Waals surface area contributed by atoms with Crippen LogP contribution >= 0.6 is 11.6 Å². The van der Waals surface area contributed by atoms with Crippen molar-refractivity contribution in [2.24, 2.45) is 0 Å². The number of benzene rings is 1. The Morgan fingerprint density at radius 2 is 2.35 bits per heavy atom. The van der Waals surface area contributed by atoms with Crippen LogP contribution in [0.5, 0.6) is 0 Å². The molecular formula is C12H13ClN2O2. The fourth-order valence-electron chi connectivity index (χ4n) is 1.51. The highest BCUT2D eigenvalue weighted by Crippen LogP contribution is 2.20. The summed E-state index contributed by atoms with van der Waals surface area (Å²) in [5.74, 6) is 0.917. The van der Waals surface area contributed by atoms with Gasteiger partial charge in [0.1, 0.15) is 5.52 Å². The Bertz CT molecular complexity index is 536. The number of carbonyl (C=O) groups excluding carboxylic acids is 1. The van der Waals surface area contributed by atoms with Gasteiger partial charge in [-0.3, -0.25) is 4.79 Å².